The third-order valence-corrected chi connectivity index (χ3v) is 8.12. The van der Waals surface area contributed by atoms with E-state index in [0.29, 0.717) is 23.7 Å². The Kier molecular flexibility index (Phi) is 5.52. The third-order valence-electron chi connectivity index (χ3n) is 5.79. The summed E-state index contributed by atoms with van der Waals surface area (Å²) in [5, 5.41) is 8.24. The molecular weight excluding hydrogens is 470 g/mol. The van der Waals surface area contributed by atoms with E-state index >= 15 is 0 Å². The summed E-state index contributed by atoms with van der Waals surface area (Å²) < 4.78 is 27.5. The molecule has 8 nitrogen and oxygen atoms in total. The van der Waals surface area contributed by atoms with Crippen molar-refractivity contribution in [2.45, 2.75) is 30.2 Å². The number of benzene rings is 2. The van der Waals surface area contributed by atoms with E-state index in [9.17, 15) is 13.2 Å². The third kappa shape index (κ3) is 3.94. The number of nitrogens with one attached hydrogen (secondary N) is 1. The number of rotatable bonds is 5. The number of fused-ring (bicyclic) bond motifs is 1. The van der Waals surface area contributed by atoms with Gasteiger partial charge >= 0.3 is 0 Å². The van der Waals surface area contributed by atoms with Crippen molar-refractivity contribution in [2.75, 3.05) is 27.6 Å². The predicted octanol–water partition coefficient (Wildman–Crippen LogP) is 3.80. The van der Waals surface area contributed by atoms with Gasteiger partial charge in [-0.25, -0.2) is 8.42 Å². The minimum absolute atomic E-state index is 0. The van der Waals surface area contributed by atoms with E-state index in [1.54, 1.807) is 17.0 Å². The molecule has 2 aliphatic rings. The number of sulfonamides is 1. The number of amides is 1. The number of anilines is 3. The predicted molar refractivity (Wildman–Crippen MR) is 127 cm³/mol. The number of hydrogen-bond acceptors (Lipinski definition) is 7. The van der Waals surface area contributed by atoms with Crippen LogP contribution in [0.1, 0.15) is 19.8 Å². The van der Waals surface area contributed by atoms with Gasteiger partial charge in [0.05, 0.1) is 4.90 Å². The van der Waals surface area contributed by atoms with Gasteiger partial charge < -0.3 is 9.80 Å². The summed E-state index contributed by atoms with van der Waals surface area (Å²) in [6.45, 7) is 1.41. The van der Waals surface area contributed by atoms with Crippen LogP contribution in [0.15, 0.2) is 52.9 Å². The van der Waals surface area contributed by atoms with E-state index in [4.69, 9.17) is 11.6 Å². The van der Waals surface area contributed by atoms with Crippen molar-refractivity contribution < 1.29 is 14.6 Å². The van der Waals surface area contributed by atoms with Crippen molar-refractivity contribution in [3.05, 3.63) is 58.6 Å². The van der Waals surface area contributed by atoms with Crippen LogP contribution in [0.2, 0.25) is 5.02 Å². The Bertz CT molecular complexity index is 1260. The molecule has 0 spiro atoms. The highest BCUT2D eigenvalue weighted by molar-refractivity contribution is 7.93. The number of nitrogens with zero attached hydrogens (tertiary/aromatic N) is 4. The monoisotopic (exact) mass is 491 g/mol. The lowest BCUT2D eigenvalue weighted by Gasteiger charge is -2.35. The minimum atomic E-state index is -3.77. The fourth-order valence-corrected chi connectivity index (χ4v) is 6.21. The van der Waals surface area contributed by atoms with Gasteiger partial charge in [-0.1, -0.05) is 22.9 Å². The van der Waals surface area contributed by atoms with Gasteiger partial charge in [0.1, 0.15) is 11.6 Å². The molecule has 11 heteroatoms. The van der Waals surface area contributed by atoms with E-state index in [1.807, 2.05) is 18.2 Å². The fraction of sp³-hybridized carbons (Fsp3) is 0.286. The highest BCUT2D eigenvalue weighted by Crippen LogP contribution is 2.35. The maximum absolute atomic E-state index is 13.3. The van der Waals surface area contributed by atoms with E-state index in [-0.39, 0.29) is 23.4 Å². The van der Waals surface area contributed by atoms with Crippen molar-refractivity contribution in [3.63, 3.8) is 0 Å². The molecule has 0 unspecified atom stereocenters. The number of aryl methyl sites for hydroxylation is 1. The molecule has 1 atom stereocenters. The first-order chi connectivity index (χ1) is 15.4. The van der Waals surface area contributed by atoms with Gasteiger partial charge in [0.25, 0.3) is 10.0 Å². The molecule has 1 amide bonds. The van der Waals surface area contributed by atoms with Gasteiger partial charge in [0.15, 0.2) is 0 Å². The quantitative estimate of drug-likeness (QED) is 0.583. The van der Waals surface area contributed by atoms with Gasteiger partial charge in [-0.3, -0.25) is 9.52 Å². The highest BCUT2D eigenvalue weighted by Gasteiger charge is 2.38. The summed E-state index contributed by atoms with van der Waals surface area (Å²) >= 11 is 7.25. The number of hydrogen-bond donors (Lipinski definition) is 1. The number of carbonyl (C=O) groups is 1. The van der Waals surface area contributed by atoms with Crippen LogP contribution in [-0.2, 0) is 21.2 Å². The lowest BCUT2D eigenvalue weighted by atomic mass is 9.99. The molecule has 0 bridgehead atoms. The topological polar surface area (TPSA) is 95.5 Å². The molecule has 32 heavy (non-hydrogen) atoms. The van der Waals surface area contributed by atoms with E-state index in [2.05, 4.69) is 19.8 Å². The molecular formula is C21H22ClN5O3S2. The van der Waals surface area contributed by atoms with Crippen molar-refractivity contribution >= 4 is 55.4 Å². The fourth-order valence-electron chi connectivity index (χ4n) is 4.33. The van der Waals surface area contributed by atoms with Crippen LogP contribution in [0.5, 0.6) is 0 Å². The SMILES string of the molecule is O=C1[C@@H](N2CCCc3cc(Cl)ccc32)CCN1c1ccc(S(=O)(=O)Nc2nncs2)cc1.[HH]. The van der Waals surface area contributed by atoms with Crippen molar-refractivity contribution in [2.24, 2.45) is 0 Å². The Morgan fingerprint density at radius 2 is 1.97 bits per heavy atom. The van der Waals surface area contributed by atoms with E-state index < -0.39 is 10.0 Å². The summed E-state index contributed by atoms with van der Waals surface area (Å²) in [5.41, 5.74) is 4.38. The first-order valence-electron chi connectivity index (χ1n) is 10.2. The van der Waals surface area contributed by atoms with Crippen molar-refractivity contribution in [3.8, 4) is 0 Å². The Balaban J connectivity index is 0.00000259. The maximum Gasteiger partial charge on any atom is 0.263 e. The van der Waals surface area contributed by atoms with Crippen molar-refractivity contribution in [1.82, 2.24) is 10.2 Å². The second kappa shape index (κ2) is 8.34. The van der Waals surface area contributed by atoms with Gasteiger partial charge in [0, 0.05) is 30.9 Å². The van der Waals surface area contributed by atoms with Gasteiger partial charge in [0.2, 0.25) is 11.0 Å². The molecule has 168 valence electrons. The van der Waals surface area contributed by atoms with Crippen LogP contribution in [-0.4, -0.2) is 43.7 Å². The molecule has 0 aliphatic carbocycles. The van der Waals surface area contributed by atoms with Crippen molar-refractivity contribution in [1.29, 1.82) is 0 Å². The first kappa shape index (κ1) is 21.2. The Labute approximate surface area is 196 Å². The smallest absolute Gasteiger partial charge is 0.263 e. The normalized spacial score (nSPS) is 18.7. The van der Waals surface area contributed by atoms with E-state index in [1.165, 1.54) is 23.2 Å². The standard InChI is InChI=1S/C21H20ClN5O3S2.H2/c22-15-3-8-18-14(12-15)2-1-10-27(18)19-9-11-26(20(19)28)16-4-6-17(7-5-16)32(29,30)25-21-24-23-13-31-21;/h3-8,12-13,19H,1-2,9-11H2,(H,24,25);1H/t19-;/m0./s1. The highest BCUT2D eigenvalue weighted by atomic mass is 35.5. The molecule has 1 aromatic heterocycles. The van der Waals surface area contributed by atoms with E-state index in [0.717, 1.165) is 36.4 Å². The molecule has 2 aliphatic heterocycles. The zero-order valence-corrected chi connectivity index (χ0v) is 19.3. The maximum atomic E-state index is 13.3. The number of aromatic nitrogens is 2. The lowest BCUT2D eigenvalue weighted by molar-refractivity contribution is -0.118. The average Bonchev–Trinajstić information content (AvgIpc) is 3.42. The molecule has 3 heterocycles. The molecule has 3 aromatic rings. The summed E-state index contributed by atoms with van der Waals surface area (Å²) in [5.74, 6) is 0.0235. The molecule has 5 rings (SSSR count). The van der Waals surface area contributed by atoms with Crippen LogP contribution in [0.3, 0.4) is 0 Å². The summed E-state index contributed by atoms with van der Waals surface area (Å²) in [7, 11) is -3.77. The average molecular weight is 492 g/mol. The molecule has 0 radical (unpaired) electrons. The summed E-state index contributed by atoms with van der Waals surface area (Å²) in [4.78, 5) is 17.3. The summed E-state index contributed by atoms with van der Waals surface area (Å²) in [6, 6.07) is 11.9. The number of halogens is 1. The Morgan fingerprint density at radius 1 is 1.16 bits per heavy atom. The molecule has 1 N–H and O–H groups in total. The van der Waals surface area contributed by atoms with Gasteiger partial charge in [-0.05, 0) is 67.3 Å². The van der Waals surface area contributed by atoms with Crippen LogP contribution in [0, 0.1) is 0 Å². The number of carbonyl (C=O) groups excluding carboxylic acids is 1. The van der Waals surface area contributed by atoms with Crippen LogP contribution in [0.4, 0.5) is 16.5 Å². The van der Waals surface area contributed by atoms with Gasteiger partial charge in [-0.2, -0.15) is 0 Å². The zero-order valence-electron chi connectivity index (χ0n) is 16.9. The molecule has 2 aromatic carbocycles. The first-order valence-corrected chi connectivity index (χ1v) is 12.9. The van der Waals surface area contributed by atoms with Crippen LogP contribution in [0.25, 0.3) is 0 Å². The second-order valence-electron chi connectivity index (χ2n) is 7.71. The summed E-state index contributed by atoms with van der Waals surface area (Å²) in [6.07, 6.45) is 2.64. The second-order valence-corrected chi connectivity index (χ2v) is 10.7. The Morgan fingerprint density at radius 3 is 2.72 bits per heavy atom. The molecule has 1 saturated heterocycles. The van der Waals surface area contributed by atoms with Crippen LogP contribution < -0.4 is 14.5 Å². The Hall–Kier alpha value is -2.69. The molecule has 1 fully saturated rings. The lowest BCUT2D eigenvalue weighted by Crippen LogP contribution is -2.44. The minimum Gasteiger partial charge on any atom is -0.359 e. The zero-order chi connectivity index (χ0) is 22.3. The van der Waals surface area contributed by atoms with Crippen LogP contribution >= 0.6 is 22.9 Å². The largest absolute Gasteiger partial charge is 0.359 e. The molecule has 0 saturated carbocycles. The van der Waals surface area contributed by atoms with Gasteiger partial charge in [-0.15, -0.1) is 10.2 Å².